The Kier molecular flexibility index (Phi) is 6.84. The Balaban J connectivity index is 1.60. The maximum Gasteiger partial charge on any atom is 0.277 e. The van der Waals surface area contributed by atoms with Crippen LogP contribution < -0.4 is 19.5 Å². The normalized spacial score (nSPS) is 10.5. The Bertz CT molecular complexity index is 1010. The first-order chi connectivity index (χ1) is 14.0. The lowest BCUT2D eigenvalue weighted by molar-refractivity contribution is -0.113. The molecule has 1 aromatic heterocycles. The molecule has 2 aromatic carbocycles. The molecule has 0 aliphatic rings. The van der Waals surface area contributed by atoms with Crippen LogP contribution in [0.2, 0.25) is 5.02 Å². The van der Waals surface area contributed by atoms with Crippen LogP contribution in [-0.4, -0.2) is 43.2 Å². The highest BCUT2D eigenvalue weighted by atomic mass is 35.5. The number of carbonyl (C=O) groups is 1. The minimum absolute atomic E-state index is 0.0945. The molecule has 0 aliphatic heterocycles. The van der Waals surface area contributed by atoms with E-state index in [2.05, 4.69) is 15.5 Å². The maximum absolute atomic E-state index is 12.2. The zero-order valence-electron chi connectivity index (χ0n) is 15.9. The molecule has 152 valence electrons. The Hall–Kier alpha value is -2.91. The van der Waals surface area contributed by atoms with Gasteiger partial charge in [-0.05, 0) is 36.4 Å². The van der Waals surface area contributed by atoms with Crippen molar-refractivity contribution in [2.75, 3.05) is 32.4 Å². The maximum atomic E-state index is 12.2. The van der Waals surface area contributed by atoms with Gasteiger partial charge in [-0.3, -0.25) is 4.79 Å². The molecule has 1 amide bonds. The van der Waals surface area contributed by atoms with Crippen LogP contribution in [0.3, 0.4) is 0 Å². The molecular formula is C19H18ClN3O5S. The molecule has 0 fully saturated rings. The van der Waals surface area contributed by atoms with E-state index in [1.54, 1.807) is 50.6 Å². The number of aromatic nitrogens is 2. The summed E-state index contributed by atoms with van der Waals surface area (Å²) in [5.74, 6) is 1.86. The first-order valence-electron chi connectivity index (χ1n) is 8.36. The first-order valence-corrected chi connectivity index (χ1v) is 9.72. The lowest BCUT2D eigenvalue weighted by Crippen LogP contribution is -2.14. The van der Waals surface area contributed by atoms with Crippen molar-refractivity contribution >= 4 is 35.0 Å². The molecule has 0 radical (unpaired) electrons. The third kappa shape index (κ3) is 5.12. The Labute approximate surface area is 176 Å². The van der Waals surface area contributed by atoms with Crippen LogP contribution in [0.25, 0.3) is 11.5 Å². The molecule has 10 heteroatoms. The SMILES string of the molecule is COc1ccc(NC(=O)CSc2nnc(-c3ccc(OC)c(OC)c3)o2)cc1Cl. The van der Waals surface area contributed by atoms with Gasteiger partial charge in [-0.25, -0.2) is 0 Å². The fraction of sp³-hybridized carbons (Fsp3) is 0.211. The van der Waals surface area contributed by atoms with E-state index in [1.807, 2.05) is 0 Å². The second kappa shape index (κ2) is 9.53. The van der Waals surface area contributed by atoms with E-state index in [0.29, 0.717) is 39.4 Å². The molecule has 29 heavy (non-hydrogen) atoms. The molecule has 0 spiro atoms. The quantitative estimate of drug-likeness (QED) is 0.527. The van der Waals surface area contributed by atoms with E-state index in [0.717, 1.165) is 11.8 Å². The van der Waals surface area contributed by atoms with Crippen LogP contribution >= 0.6 is 23.4 Å². The zero-order chi connectivity index (χ0) is 20.8. The molecular weight excluding hydrogens is 418 g/mol. The van der Waals surface area contributed by atoms with Gasteiger partial charge in [-0.15, -0.1) is 10.2 Å². The summed E-state index contributed by atoms with van der Waals surface area (Å²) in [6.45, 7) is 0. The van der Waals surface area contributed by atoms with Gasteiger partial charge >= 0.3 is 0 Å². The van der Waals surface area contributed by atoms with Crippen molar-refractivity contribution < 1.29 is 23.4 Å². The number of nitrogens with zero attached hydrogens (tertiary/aromatic N) is 2. The minimum Gasteiger partial charge on any atom is -0.495 e. The monoisotopic (exact) mass is 435 g/mol. The minimum atomic E-state index is -0.234. The number of amides is 1. The summed E-state index contributed by atoms with van der Waals surface area (Å²) in [6, 6.07) is 10.3. The first kappa shape index (κ1) is 20.8. The van der Waals surface area contributed by atoms with Gasteiger partial charge in [0.25, 0.3) is 5.22 Å². The molecule has 0 bridgehead atoms. The average molecular weight is 436 g/mol. The molecule has 8 nitrogen and oxygen atoms in total. The zero-order valence-corrected chi connectivity index (χ0v) is 17.5. The smallest absolute Gasteiger partial charge is 0.277 e. The van der Waals surface area contributed by atoms with Gasteiger partial charge < -0.3 is 23.9 Å². The number of thioether (sulfide) groups is 1. The molecule has 0 saturated heterocycles. The molecule has 0 aliphatic carbocycles. The van der Waals surface area contributed by atoms with Crippen LogP contribution in [-0.2, 0) is 4.79 Å². The number of benzene rings is 2. The second-order valence-electron chi connectivity index (χ2n) is 5.63. The van der Waals surface area contributed by atoms with Crippen molar-refractivity contribution in [3.63, 3.8) is 0 Å². The average Bonchev–Trinajstić information content (AvgIpc) is 3.21. The number of ether oxygens (including phenoxy) is 3. The van der Waals surface area contributed by atoms with Gasteiger partial charge in [-0.1, -0.05) is 23.4 Å². The molecule has 0 unspecified atom stereocenters. The predicted molar refractivity (Wildman–Crippen MR) is 110 cm³/mol. The van der Waals surface area contributed by atoms with Crippen molar-refractivity contribution in [2.45, 2.75) is 5.22 Å². The molecule has 0 atom stereocenters. The lowest BCUT2D eigenvalue weighted by Gasteiger charge is -2.07. The highest BCUT2D eigenvalue weighted by Gasteiger charge is 2.14. The Morgan fingerprint density at radius 1 is 1.03 bits per heavy atom. The van der Waals surface area contributed by atoms with Gasteiger partial charge in [0.05, 0.1) is 32.1 Å². The van der Waals surface area contributed by atoms with Crippen LogP contribution in [0.1, 0.15) is 0 Å². The van der Waals surface area contributed by atoms with Crippen LogP contribution in [0, 0.1) is 0 Å². The van der Waals surface area contributed by atoms with E-state index < -0.39 is 0 Å². The van der Waals surface area contributed by atoms with E-state index in [1.165, 1.54) is 7.11 Å². The largest absolute Gasteiger partial charge is 0.495 e. The van der Waals surface area contributed by atoms with E-state index in [4.69, 9.17) is 30.2 Å². The second-order valence-corrected chi connectivity index (χ2v) is 6.96. The van der Waals surface area contributed by atoms with Crippen LogP contribution in [0.15, 0.2) is 46.0 Å². The van der Waals surface area contributed by atoms with Crippen molar-refractivity contribution in [1.82, 2.24) is 10.2 Å². The van der Waals surface area contributed by atoms with Gasteiger partial charge in [-0.2, -0.15) is 0 Å². The van der Waals surface area contributed by atoms with Gasteiger partial charge in [0.1, 0.15) is 5.75 Å². The van der Waals surface area contributed by atoms with Crippen LogP contribution in [0.4, 0.5) is 5.69 Å². The fourth-order valence-corrected chi connectivity index (χ4v) is 3.24. The van der Waals surface area contributed by atoms with E-state index in [-0.39, 0.29) is 16.9 Å². The number of methoxy groups -OCH3 is 3. The molecule has 3 rings (SSSR count). The molecule has 0 saturated carbocycles. The fourth-order valence-electron chi connectivity index (χ4n) is 2.42. The van der Waals surface area contributed by atoms with Crippen molar-refractivity contribution in [1.29, 1.82) is 0 Å². The van der Waals surface area contributed by atoms with Crippen molar-refractivity contribution in [3.05, 3.63) is 41.4 Å². The number of halogens is 1. The Morgan fingerprint density at radius 3 is 2.45 bits per heavy atom. The van der Waals surface area contributed by atoms with Gasteiger partial charge in [0.2, 0.25) is 11.8 Å². The topological polar surface area (TPSA) is 95.7 Å². The van der Waals surface area contributed by atoms with E-state index in [9.17, 15) is 4.79 Å². The van der Waals surface area contributed by atoms with Gasteiger partial charge in [0, 0.05) is 11.3 Å². The summed E-state index contributed by atoms with van der Waals surface area (Å²) in [5.41, 5.74) is 1.25. The standard InChI is InChI=1S/C19H18ClN3O5S/c1-25-14-7-5-12(9-13(14)20)21-17(24)10-29-19-23-22-18(28-19)11-4-6-15(26-2)16(8-11)27-3/h4-9H,10H2,1-3H3,(H,21,24). The third-order valence-electron chi connectivity index (χ3n) is 3.80. The summed E-state index contributed by atoms with van der Waals surface area (Å²) < 4.78 is 21.2. The van der Waals surface area contributed by atoms with Crippen molar-refractivity contribution in [2.24, 2.45) is 0 Å². The van der Waals surface area contributed by atoms with Gasteiger partial charge in [0.15, 0.2) is 11.5 Å². The summed E-state index contributed by atoms with van der Waals surface area (Å²) in [7, 11) is 4.63. The van der Waals surface area contributed by atoms with Crippen molar-refractivity contribution in [3.8, 4) is 28.7 Å². The molecule has 1 heterocycles. The highest BCUT2D eigenvalue weighted by Crippen LogP contribution is 2.32. The third-order valence-corrected chi connectivity index (χ3v) is 4.91. The number of anilines is 1. The molecule has 1 N–H and O–H groups in total. The Morgan fingerprint density at radius 2 is 1.76 bits per heavy atom. The molecule has 3 aromatic rings. The van der Waals surface area contributed by atoms with Crippen LogP contribution in [0.5, 0.6) is 17.2 Å². The number of carbonyl (C=O) groups excluding carboxylic acids is 1. The predicted octanol–water partition coefficient (Wildman–Crippen LogP) is 4.15. The summed E-state index contributed by atoms with van der Waals surface area (Å²) in [4.78, 5) is 12.2. The summed E-state index contributed by atoms with van der Waals surface area (Å²) in [5, 5.41) is 11.4. The van der Waals surface area contributed by atoms with E-state index >= 15 is 0 Å². The number of rotatable bonds is 8. The highest BCUT2D eigenvalue weighted by molar-refractivity contribution is 7.99. The number of hydrogen-bond donors (Lipinski definition) is 1. The number of hydrogen-bond acceptors (Lipinski definition) is 8. The summed E-state index contributed by atoms with van der Waals surface area (Å²) >= 11 is 7.18. The lowest BCUT2D eigenvalue weighted by atomic mass is 10.2. The summed E-state index contributed by atoms with van der Waals surface area (Å²) in [6.07, 6.45) is 0. The number of nitrogens with one attached hydrogen (secondary N) is 1.